The van der Waals surface area contributed by atoms with Gasteiger partial charge in [0.25, 0.3) is 5.92 Å². The smallest absolute Gasteiger partial charge is 0.262 e. The van der Waals surface area contributed by atoms with Gasteiger partial charge >= 0.3 is 0 Å². The second kappa shape index (κ2) is 7.66. The molecule has 1 aromatic carbocycles. The number of ether oxygens (including phenoxy) is 1. The summed E-state index contributed by atoms with van der Waals surface area (Å²) in [5.74, 6) is -2.39. The average molecular weight is 353 g/mol. The molecule has 0 radical (unpaired) electrons. The van der Waals surface area contributed by atoms with Gasteiger partial charge in [0.2, 0.25) is 5.91 Å². The van der Waals surface area contributed by atoms with Crippen molar-refractivity contribution in [2.24, 2.45) is 0 Å². The van der Waals surface area contributed by atoms with E-state index >= 15 is 0 Å². The van der Waals surface area contributed by atoms with Crippen LogP contribution in [0.5, 0.6) is 5.75 Å². The van der Waals surface area contributed by atoms with E-state index in [2.05, 4.69) is 15.5 Å². The van der Waals surface area contributed by atoms with E-state index in [0.717, 1.165) is 37.2 Å². The quantitative estimate of drug-likeness (QED) is 0.821. The molecule has 3 rings (SSSR count). The summed E-state index contributed by atoms with van der Waals surface area (Å²) in [5, 5.41) is 5.46. The number of benzene rings is 1. The van der Waals surface area contributed by atoms with Gasteiger partial charge in [-0.1, -0.05) is 12.1 Å². The Kier molecular flexibility index (Phi) is 5.54. The normalized spacial score (nSPS) is 24.2. The van der Waals surface area contributed by atoms with Gasteiger partial charge in [0.15, 0.2) is 0 Å². The topological polar surface area (TPSA) is 53.6 Å². The van der Waals surface area contributed by atoms with Crippen molar-refractivity contribution in [3.63, 3.8) is 0 Å². The van der Waals surface area contributed by atoms with Crippen molar-refractivity contribution in [3.05, 3.63) is 29.8 Å². The predicted octanol–water partition coefficient (Wildman–Crippen LogP) is 1.95. The molecule has 2 aliphatic rings. The van der Waals surface area contributed by atoms with E-state index in [4.69, 9.17) is 4.74 Å². The Morgan fingerprint density at radius 2 is 2.20 bits per heavy atom. The molecule has 0 aliphatic carbocycles. The molecule has 1 aromatic rings. The third kappa shape index (κ3) is 4.46. The number of hydrogen-bond acceptors (Lipinski definition) is 4. The van der Waals surface area contributed by atoms with Crippen molar-refractivity contribution in [3.8, 4) is 5.75 Å². The molecule has 0 saturated carbocycles. The highest BCUT2D eigenvalue weighted by Gasteiger charge is 2.42. The van der Waals surface area contributed by atoms with E-state index in [1.54, 1.807) is 7.11 Å². The summed E-state index contributed by atoms with van der Waals surface area (Å²) < 4.78 is 31.9. The van der Waals surface area contributed by atoms with Crippen LogP contribution in [0.25, 0.3) is 0 Å². The fraction of sp³-hybridized carbons (Fsp3) is 0.611. The molecule has 5 nitrogen and oxygen atoms in total. The highest BCUT2D eigenvalue weighted by molar-refractivity contribution is 5.82. The molecule has 2 atom stereocenters. The maximum atomic E-state index is 13.3. The van der Waals surface area contributed by atoms with Gasteiger partial charge in [-0.3, -0.25) is 15.0 Å². The van der Waals surface area contributed by atoms with E-state index < -0.39 is 24.9 Å². The molecule has 138 valence electrons. The van der Waals surface area contributed by atoms with Crippen LogP contribution in [0, 0.1) is 0 Å². The molecule has 0 spiro atoms. The van der Waals surface area contributed by atoms with Gasteiger partial charge in [0.1, 0.15) is 5.75 Å². The molecule has 2 heterocycles. The highest BCUT2D eigenvalue weighted by atomic mass is 19.3. The third-order valence-corrected chi connectivity index (χ3v) is 4.96. The van der Waals surface area contributed by atoms with Crippen LogP contribution in [0.2, 0.25) is 0 Å². The second-order valence-corrected chi connectivity index (χ2v) is 6.77. The van der Waals surface area contributed by atoms with E-state index in [1.807, 2.05) is 24.3 Å². The first-order chi connectivity index (χ1) is 12.0. The van der Waals surface area contributed by atoms with Crippen molar-refractivity contribution < 1.29 is 18.3 Å². The number of alkyl halides is 2. The van der Waals surface area contributed by atoms with Crippen molar-refractivity contribution in [2.75, 3.05) is 33.3 Å². The number of hydrogen-bond donors (Lipinski definition) is 2. The Hall–Kier alpha value is -1.73. The van der Waals surface area contributed by atoms with Crippen LogP contribution in [0.3, 0.4) is 0 Å². The summed E-state index contributed by atoms with van der Waals surface area (Å²) in [4.78, 5) is 14.6. The van der Waals surface area contributed by atoms with Crippen molar-refractivity contribution >= 4 is 5.91 Å². The molecule has 2 fully saturated rings. The van der Waals surface area contributed by atoms with Crippen molar-refractivity contribution in [2.45, 2.75) is 37.3 Å². The SMILES string of the molecule is COc1cccc(C(CNC(=O)C2CC(F)(F)CN2)N2CCCC2)c1. The number of rotatable bonds is 6. The van der Waals surface area contributed by atoms with Gasteiger partial charge in [-0.05, 0) is 43.6 Å². The number of methoxy groups -OCH3 is 1. The Morgan fingerprint density at radius 1 is 1.44 bits per heavy atom. The molecular weight excluding hydrogens is 328 g/mol. The molecule has 0 aromatic heterocycles. The number of likely N-dealkylation sites (tertiary alicyclic amines) is 1. The number of amides is 1. The van der Waals surface area contributed by atoms with Crippen LogP contribution in [0.4, 0.5) is 8.78 Å². The summed E-state index contributed by atoms with van der Waals surface area (Å²) in [7, 11) is 1.62. The first-order valence-corrected chi connectivity index (χ1v) is 8.75. The molecule has 0 bridgehead atoms. The second-order valence-electron chi connectivity index (χ2n) is 6.77. The molecule has 2 unspecified atom stereocenters. The fourth-order valence-corrected chi connectivity index (χ4v) is 3.58. The number of carbonyl (C=O) groups is 1. The molecular formula is C18H25F2N3O2. The summed E-state index contributed by atoms with van der Waals surface area (Å²) >= 11 is 0. The maximum Gasteiger partial charge on any atom is 0.262 e. The van der Waals surface area contributed by atoms with Crippen LogP contribution >= 0.6 is 0 Å². The van der Waals surface area contributed by atoms with Crippen LogP contribution in [-0.4, -0.2) is 56.1 Å². The number of nitrogens with one attached hydrogen (secondary N) is 2. The Morgan fingerprint density at radius 3 is 2.84 bits per heavy atom. The van der Waals surface area contributed by atoms with Crippen LogP contribution in [0.1, 0.15) is 30.9 Å². The van der Waals surface area contributed by atoms with Gasteiger partial charge in [0, 0.05) is 13.0 Å². The Labute approximate surface area is 146 Å². The first-order valence-electron chi connectivity index (χ1n) is 8.75. The van der Waals surface area contributed by atoms with Gasteiger partial charge in [-0.2, -0.15) is 0 Å². The lowest BCUT2D eigenvalue weighted by atomic mass is 10.0. The van der Waals surface area contributed by atoms with Crippen LogP contribution in [0.15, 0.2) is 24.3 Å². The summed E-state index contributed by atoms with van der Waals surface area (Å²) in [5.41, 5.74) is 1.06. The molecule has 2 saturated heterocycles. The Bertz CT molecular complexity index is 606. The van der Waals surface area contributed by atoms with Crippen LogP contribution < -0.4 is 15.4 Å². The highest BCUT2D eigenvalue weighted by Crippen LogP contribution is 2.28. The minimum atomic E-state index is -2.80. The zero-order valence-corrected chi connectivity index (χ0v) is 14.4. The molecule has 2 aliphatic heterocycles. The summed E-state index contributed by atoms with van der Waals surface area (Å²) in [6.45, 7) is 1.90. The van der Waals surface area contributed by atoms with E-state index in [9.17, 15) is 13.6 Å². The number of nitrogens with zero attached hydrogens (tertiary/aromatic N) is 1. The van der Waals surface area contributed by atoms with E-state index in [-0.39, 0.29) is 11.9 Å². The Balaban J connectivity index is 1.67. The lowest BCUT2D eigenvalue weighted by Crippen LogP contribution is -2.44. The molecule has 7 heteroatoms. The maximum absolute atomic E-state index is 13.3. The van der Waals surface area contributed by atoms with E-state index in [0.29, 0.717) is 6.54 Å². The van der Waals surface area contributed by atoms with Gasteiger partial charge in [-0.25, -0.2) is 8.78 Å². The van der Waals surface area contributed by atoms with Gasteiger partial charge in [-0.15, -0.1) is 0 Å². The largest absolute Gasteiger partial charge is 0.497 e. The fourth-order valence-electron chi connectivity index (χ4n) is 3.58. The summed E-state index contributed by atoms with van der Waals surface area (Å²) in [6, 6.07) is 6.99. The van der Waals surface area contributed by atoms with Gasteiger partial charge in [0.05, 0.1) is 25.7 Å². The lowest BCUT2D eigenvalue weighted by molar-refractivity contribution is -0.123. The minimum absolute atomic E-state index is 0.0171. The average Bonchev–Trinajstić information content (AvgIpc) is 3.25. The third-order valence-electron chi connectivity index (χ3n) is 4.96. The van der Waals surface area contributed by atoms with Gasteiger partial charge < -0.3 is 10.1 Å². The zero-order valence-electron chi connectivity index (χ0n) is 14.4. The predicted molar refractivity (Wildman–Crippen MR) is 90.9 cm³/mol. The van der Waals surface area contributed by atoms with Crippen LogP contribution in [-0.2, 0) is 4.79 Å². The van der Waals surface area contributed by atoms with Crippen molar-refractivity contribution in [1.82, 2.24) is 15.5 Å². The molecule has 1 amide bonds. The summed E-state index contributed by atoms with van der Waals surface area (Å²) in [6.07, 6.45) is 1.82. The van der Waals surface area contributed by atoms with E-state index in [1.165, 1.54) is 0 Å². The van der Waals surface area contributed by atoms with Crippen molar-refractivity contribution in [1.29, 1.82) is 0 Å². The first kappa shape index (κ1) is 18.1. The monoisotopic (exact) mass is 353 g/mol. The minimum Gasteiger partial charge on any atom is -0.497 e. The number of carbonyl (C=O) groups excluding carboxylic acids is 1. The molecule has 25 heavy (non-hydrogen) atoms. The number of halogens is 2. The molecule has 2 N–H and O–H groups in total. The lowest BCUT2D eigenvalue weighted by Gasteiger charge is -2.29. The standard InChI is InChI=1S/C18H25F2N3O2/c1-25-14-6-4-5-13(9-14)16(23-7-2-3-8-23)11-21-17(24)15-10-18(19,20)12-22-15/h4-6,9,15-16,22H,2-3,7-8,10-12H2,1H3,(H,21,24). The zero-order chi connectivity index (χ0) is 17.9.